The molecule has 0 amide bonds. The van der Waals surface area contributed by atoms with Crippen molar-refractivity contribution in [1.82, 2.24) is 10.3 Å². The molecule has 1 fully saturated rings. The lowest BCUT2D eigenvalue weighted by atomic mass is 10.2. The van der Waals surface area contributed by atoms with Crippen LogP contribution in [0.5, 0.6) is 0 Å². The van der Waals surface area contributed by atoms with Gasteiger partial charge in [-0.15, -0.1) is 0 Å². The van der Waals surface area contributed by atoms with Gasteiger partial charge in [0.25, 0.3) is 0 Å². The minimum Gasteiger partial charge on any atom is -0.355 e. The average Bonchev–Trinajstić information content (AvgIpc) is 3.14. The standard InChI is InChI=1S/C15H18ClN3S/c1-19(9-11-4-5-20-10-11)15-6-12(14(16)8-18-15)7-17-13-2-3-13/h4-6,8,10,13,17H,2-3,7,9H2,1H3. The minimum atomic E-state index is 0.686. The molecule has 0 aromatic carbocycles. The Morgan fingerprint density at radius 1 is 1.50 bits per heavy atom. The lowest BCUT2D eigenvalue weighted by molar-refractivity contribution is 0.687. The molecule has 2 aromatic rings. The first-order chi connectivity index (χ1) is 9.72. The lowest BCUT2D eigenvalue weighted by Gasteiger charge is -2.19. The van der Waals surface area contributed by atoms with Crippen molar-refractivity contribution in [3.8, 4) is 0 Å². The van der Waals surface area contributed by atoms with E-state index in [9.17, 15) is 0 Å². The maximum atomic E-state index is 6.23. The van der Waals surface area contributed by atoms with Crippen molar-refractivity contribution >= 4 is 28.8 Å². The molecule has 3 rings (SSSR count). The Labute approximate surface area is 128 Å². The van der Waals surface area contributed by atoms with Crippen LogP contribution in [-0.4, -0.2) is 18.1 Å². The largest absolute Gasteiger partial charge is 0.355 e. The molecule has 0 radical (unpaired) electrons. The molecule has 1 N–H and O–H groups in total. The van der Waals surface area contributed by atoms with Crippen LogP contribution in [0.25, 0.3) is 0 Å². The Kier molecular flexibility index (Phi) is 4.24. The first-order valence-electron chi connectivity index (χ1n) is 6.82. The molecule has 2 heterocycles. The predicted molar refractivity (Wildman–Crippen MR) is 85.5 cm³/mol. The quantitative estimate of drug-likeness (QED) is 0.882. The fourth-order valence-corrected chi connectivity index (χ4v) is 2.92. The van der Waals surface area contributed by atoms with E-state index < -0.39 is 0 Å². The van der Waals surface area contributed by atoms with E-state index in [1.807, 2.05) is 0 Å². The van der Waals surface area contributed by atoms with E-state index >= 15 is 0 Å². The number of nitrogens with one attached hydrogen (secondary N) is 1. The topological polar surface area (TPSA) is 28.2 Å². The summed E-state index contributed by atoms with van der Waals surface area (Å²) in [5.41, 5.74) is 2.44. The molecule has 1 aliphatic rings. The molecule has 0 atom stereocenters. The van der Waals surface area contributed by atoms with Gasteiger partial charge >= 0.3 is 0 Å². The van der Waals surface area contributed by atoms with Crippen molar-refractivity contribution in [3.63, 3.8) is 0 Å². The number of nitrogens with zero attached hydrogens (tertiary/aromatic N) is 2. The molecular formula is C15H18ClN3S. The van der Waals surface area contributed by atoms with E-state index in [4.69, 9.17) is 11.6 Å². The van der Waals surface area contributed by atoms with Crippen LogP contribution in [0, 0.1) is 0 Å². The Morgan fingerprint density at radius 3 is 3.05 bits per heavy atom. The monoisotopic (exact) mass is 307 g/mol. The molecule has 2 aromatic heterocycles. The summed E-state index contributed by atoms with van der Waals surface area (Å²) in [4.78, 5) is 6.58. The predicted octanol–water partition coefficient (Wildman–Crippen LogP) is 3.68. The first-order valence-corrected chi connectivity index (χ1v) is 8.14. The molecule has 20 heavy (non-hydrogen) atoms. The Balaban J connectivity index is 1.69. The fraction of sp³-hybridized carbons (Fsp3) is 0.400. The Morgan fingerprint density at radius 2 is 2.35 bits per heavy atom. The van der Waals surface area contributed by atoms with Gasteiger partial charge in [-0.3, -0.25) is 0 Å². The zero-order valence-corrected chi connectivity index (χ0v) is 13.0. The first kappa shape index (κ1) is 13.9. The zero-order chi connectivity index (χ0) is 13.9. The van der Waals surface area contributed by atoms with Crippen LogP contribution in [0.2, 0.25) is 5.02 Å². The second kappa shape index (κ2) is 6.12. The summed E-state index contributed by atoms with van der Waals surface area (Å²) in [6.45, 7) is 1.69. The average molecular weight is 308 g/mol. The van der Waals surface area contributed by atoms with Crippen LogP contribution >= 0.6 is 22.9 Å². The van der Waals surface area contributed by atoms with Gasteiger partial charge in [-0.25, -0.2) is 4.98 Å². The summed E-state index contributed by atoms with van der Waals surface area (Å²) in [6, 6.07) is 4.92. The second-order valence-corrected chi connectivity index (χ2v) is 6.46. The molecule has 0 unspecified atom stereocenters. The number of hydrogen-bond acceptors (Lipinski definition) is 4. The number of thiophene rings is 1. The molecule has 0 bridgehead atoms. The normalized spacial score (nSPS) is 14.5. The molecule has 3 nitrogen and oxygen atoms in total. The Hall–Kier alpha value is -1.10. The van der Waals surface area contributed by atoms with E-state index in [0.717, 1.165) is 29.5 Å². The summed E-state index contributed by atoms with van der Waals surface area (Å²) >= 11 is 7.95. The van der Waals surface area contributed by atoms with Crippen LogP contribution in [0.3, 0.4) is 0 Å². The number of anilines is 1. The number of aromatic nitrogens is 1. The number of pyridine rings is 1. The van der Waals surface area contributed by atoms with Crippen LogP contribution in [0.4, 0.5) is 5.82 Å². The van der Waals surface area contributed by atoms with Crippen molar-refractivity contribution in [1.29, 1.82) is 0 Å². The second-order valence-electron chi connectivity index (χ2n) is 5.28. The maximum Gasteiger partial charge on any atom is 0.128 e. The molecule has 0 saturated heterocycles. The molecule has 0 spiro atoms. The van der Waals surface area contributed by atoms with Crippen LogP contribution in [0.1, 0.15) is 24.0 Å². The number of hydrogen-bond donors (Lipinski definition) is 1. The van der Waals surface area contributed by atoms with Crippen LogP contribution in [-0.2, 0) is 13.1 Å². The van der Waals surface area contributed by atoms with Gasteiger partial charge in [0.15, 0.2) is 0 Å². The van der Waals surface area contributed by atoms with E-state index in [1.54, 1.807) is 17.5 Å². The summed E-state index contributed by atoms with van der Waals surface area (Å²) in [7, 11) is 2.06. The summed E-state index contributed by atoms with van der Waals surface area (Å²) in [6.07, 6.45) is 4.33. The van der Waals surface area contributed by atoms with Crippen molar-refractivity contribution in [2.45, 2.75) is 32.0 Å². The minimum absolute atomic E-state index is 0.686. The summed E-state index contributed by atoms with van der Waals surface area (Å²) < 4.78 is 0. The summed E-state index contributed by atoms with van der Waals surface area (Å²) in [5, 5.41) is 8.51. The van der Waals surface area contributed by atoms with E-state index in [0.29, 0.717) is 6.04 Å². The maximum absolute atomic E-state index is 6.23. The third kappa shape index (κ3) is 3.51. The third-order valence-electron chi connectivity index (χ3n) is 3.47. The van der Waals surface area contributed by atoms with Gasteiger partial charge in [-0.2, -0.15) is 11.3 Å². The van der Waals surface area contributed by atoms with Gasteiger partial charge in [0.05, 0.1) is 5.02 Å². The molecule has 106 valence electrons. The smallest absolute Gasteiger partial charge is 0.128 e. The summed E-state index contributed by atoms with van der Waals surface area (Å²) in [5.74, 6) is 0.966. The van der Waals surface area contributed by atoms with Crippen molar-refractivity contribution in [2.24, 2.45) is 0 Å². The molecular weight excluding hydrogens is 290 g/mol. The zero-order valence-electron chi connectivity index (χ0n) is 11.5. The molecule has 1 saturated carbocycles. The third-order valence-corrected chi connectivity index (χ3v) is 4.54. The highest BCUT2D eigenvalue weighted by atomic mass is 35.5. The van der Waals surface area contributed by atoms with Gasteiger partial charge in [0.2, 0.25) is 0 Å². The van der Waals surface area contributed by atoms with Gasteiger partial charge in [0, 0.05) is 32.4 Å². The SMILES string of the molecule is CN(Cc1ccsc1)c1cc(CNC2CC2)c(Cl)cn1. The van der Waals surface area contributed by atoms with Gasteiger partial charge in [-0.1, -0.05) is 11.6 Å². The molecule has 0 aliphatic heterocycles. The van der Waals surface area contributed by atoms with Crippen molar-refractivity contribution in [3.05, 3.63) is 45.2 Å². The molecule has 5 heteroatoms. The lowest BCUT2D eigenvalue weighted by Crippen LogP contribution is -2.19. The van der Waals surface area contributed by atoms with Crippen molar-refractivity contribution < 1.29 is 0 Å². The fourth-order valence-electron chi connectivity index (χ4n) is 2.09. The van der Waals surface area contributed by atoms with Gasteiger partial charge < -0.3 is 10.2 Å². The Bertz CT molecular complexity index is 567. The van der Waals surface area contributed by atoms with E-state index in [1.165, 1.54) is 18.4 Å². The highest BCUT2D eigenvalue weighted by Crippen LogP contribution is 2.24. The number of rotatable bonds is 6. The van der Waals surface area contributed by atoms with Crippen LogP contribution in [0.15, 0.2) is 29.1 Å². The van der Waals surface area contributed by atoms with E-state index in [-0.39, 0.29) is 0 Å². The van der Waals surface area contributed by atoms with Gasteiger partial charge in [0.1, 0.15) is 5.82 Å². The van der Waals surface area contributed by atoms with Gasteiger partial charge in [-0.05, 0) is 46.9 Å². The highest BCUT2D eigenvalue weighted by molar-refractivity contribution is 7.07. The number of halogens is 1. The van der Waals surface area contributed by atoms with E-state index in [2.05, 4.69) is 45.1 Å². The highest BCUT2D eigenvalue weighted by Gasteiger charge is 2.20. The van der Waals surface area contributed by atoms with Crippen LogP contribution < -0.4 is 10.2 Å². The molecule has 1 aliphatic carbocycles. The van der Waals surface area contributed by atoms with Crippen molar-refractivity contribution in [2.75, 3.05) is 11.9 Å².